The lowest BCUT2D eigenvalue weighted by molar-refractivity contribution is 0.625. The van der Waals surface area contributed by atoms with Crippen LogP contribution >= 0.6 is 22.9 Å². The Bertz CT molecular complexity index is 1160. The molecule has 0 radical (unpaired) electrons. The SMILES string of the molecule is O=c1c2c(-c3ccccc3)csc2ncn1N=Cc1c(F)cccc1Cl. The van der Waals surface area contributed by atoms with Gasteiger partial charge in [0.05, 0.1) is 16.6 Å². The van der Waals surface area contributed by atoms with Crippen LogP contribution in [0.4, 0.5) is 4.39 Å². The fraction of sp³-hybridized carbons (Fsp3) is 0. The average Bonchev–Trinajstić information content (AvgIpc) is 3.08. The predicted octanol–water partition coefficient (Wildman–Crippen LogP) is 4.80. The van der Waals surface area contributed by atoms with Crippen LogP contribution in [-0.4, -0.2) is 15.9 Å². The summed E-state index contributed by atoms with van der Waals surface area (Å²) in [5.74, 6) is -0.510. The van der Waals surface area contributed by atoms with E-state index < -0.39 is 5.82 Å². The van der Waals surface area contributed by atoms with Crippen LogP contribution in [0.15, 0.2) is 70.1 Å². The number of hydrogen-bond donors (Lipinski definition) is 0. The van der Waals surface area contributed by atoms with Crippen molar-refractivity contribution in [2.75, 3.05) is 0 Å². The van der Waals surface area contributed by atoms with Crippen LogP contribution in [0.1, 0.15) is 5.56 Å². The van der Waals surface area contributed by atoms with Gasteiger partial charge in [0.1, 0.15) is 17.0 Å². The van der Waals surface area contributed by atoms with E-state index in [1.807, 2.05) is 35.7 Å². The molecule has 0 saturated heterocycles. The number of rotatable bonds is 3. The van der Waals surface area contributed by atoms with Crippen molar-refractivity contribution in [3.63, 3.8) is 0 Å². The molecule has 0 unspecified atom stereocenters. The molecule has 2 aromatic heterocycles. The third-order valence-corrected chi connectivity index (χ3v) is 5.09. The van der Waals surface area contributed by atoms with Gasteiger partial charge in [0.2, 0.25) is 0 Å². The second-order valence-corrected chi connectivity index (χ2v) is 6.74. The lowest BCUT2D eigenvalue weighted by atomic mass is 10.1. The maximum atomic E-state index is 13.9. The minimum atomic E-state index is -0.510. The van der Waals surface area contributed by atoms with E-state index in [1.165, 1.54) is 36.0 Å². The predicted molar refractivity (Wildman–Crippen MR) is 104 cm³/mol. The van der Waals surface area contributed by atoms with Gasteiger partial charge in [-0.05, 0) is 17.7 Å². The highest BCUT2D eigenvalue weighted by Gasteiger charge is 2.13. The van der Waals surface area contributed by atoms with E-state index >= 15 is 0 Å². The van der Waals surface area contributed by atoms with Gasteiger partial charge >= 0.3 is 0 Å². The fourth-order valence-corrected chi connectivity index (χ4v) is 3.71. The van der Waals surface area contributed by atoms with E-state index in [0.717, 1.165) is 15.8 Å². The van der Waals surface area contributed by atoms with Crippen LogP contribution in [0.25, 0.3) is 21.3 Å². The summed E-state index contributed by atoms with van der Waals surface area (Å²) in [5, 5.41) is 6.66. The van der Waals surface area contributed by atoms with Crippen LogP contribution in [0, 0.1) is 5.82 Å². The first-order chi connectivity index (χ1) is 12.6. The van der Waals surface area contributed by atoms with E-state index in [0.29, 0.717) is 10.2 Å². The largest absolute Gasteiger partial charge is 0.283 e. The van der Waals surface area contributed by atoms with Gasteiger partial charge in [-0.3, -0.25) is 4.79 Å². The highest BCUT2D eigenvalue weighted by Crippen LogP contribution is 2.30. The summed E-state index contributed by atoms with van der Waals surface area (Å²) in [6.45, 7) is 0. The lowest BCUT2D eigenvalue weighted by Crippen LogP contribution is -2.17. The molecular formula is C19H11ClFN3OS. The topological polar surface area (TPSA) is 47.2 Å². The van der Waals surface area contributed by atoms with Crippen LogP contribution in [0.5, 0.6) is 0 Å². The first kappa shape index (κ1) is 16.6. The Morgan fingerprint density at radius 1 is 1.15 bits per heavy atom. The zero-order valence-electron chi connectivity index (χ0n) is 13.3. The van der Waals surface area contributed by atoms with Crippen molar-refractivity contribution in [3.8, 4) is 11.1 Å². The van der Waals surface area contributed by atoms with Crippen molar-refractivity contribution in [1.82, 2.24) is 9.66 Å². The van der Waals surface area contributed by atoms with Crippen molar-refractivity contribution in [2.45, 2.75) is 0 Å². The van der Waals surface area contributed by atoms with Gasteiger partial charge in [-0.25, -0.2) is 9.37 Å². The number of hydrogen-bond acceptors (Lipinski definition) is 4. The Balaban J connectivity index is 1.84. The molecule has 4 aromatic rings. The van der Waals surface area contributed by atoms with Crippen LogP contribution < -0.4 is 5.56 Å². The molecule has 4 rings (SSSR count). The summed E-state index contributed by atoms with van der Waals surface area (Å²) in [7, 11) is 0. The Labute approximate surface area is 156 Å². The van der Waals surface area contributed by atoms with Crippen LogP contribution in [-0.2, 0) is 0 Å². The normalized spacial score (nSPS) is 11.5. The van der Waals surface area contributed by atoms with Crippen molar-refractivity contribution in [2.24, 2.45) is 5.10 Å². The lowest BCUT2D eigenvalue weighted by Gasteiger charge is -2.02. The van der Waals surface area contributed by atoms with Gasteiger partial charge in [-0.1, -0.05) is 48.0 Å². The van der Waals surface area contributed by atoms with Crippen LogP contribution in [0.3, 0.4) is 0 Å². The average molecular weight is 384 g/mol. The zero-order chi connectivity index (χ0) is 18.1. The Morgan fingerprint density at radius 3 is 2.73 bits per heavy atom. The Morgan fingerprint density at radius 2 is 1.96 bits per heavy atom. The molecule has 0 saturated carbocycles. The third-order valence-electron chi connectivity index (χ3n) is 3.87. The molecule has 0 amide bonds. The minimum absolute atomic E-state index is 0.120. The van der Waals surface area contributed by atoms with Crippen molar-refractivity contribution < 1.29 is 4.39 Å². The molecular weight excluding hydrogens is 373 g/mol. The summed E-state index contributed by atoms with van der Waals surface area (Å²) in [4.78, 5) is 17.8. The summed E-state index contributed by atoms with van der Waals surface area (Å²) in [5.41, 5.74) is 1.53. The molecule has 0 atom stereocenters. The fourth-order valence-electron chi connectivity index (χ4n) is 2.59. The van der Waals surface area contributed by atoms with E-state index in [9.17, 15) is 9.18 Å². The third kappa shape index (κ3) is 2.94. The minimum Gasteiger partial charge on any atom is -0.267 e. The zero-order valence-corrected chi connectivity index (χ0v) is 14.8. The second-order valence-electron chi connectivity index (χ2n) is 5.47. The van der Waals surface area contributed by atoms with E-state index in [-0.39, 0.29) is 16.1 Å². The summed E-state index contributed by atoms with van der Waals surface area (Å²) in [6, 6.07) is 13.9. The highest BCUT2D eigenvalue weighted by molar-refractivity contribution is 7.17. The molecule has 7 heteroatoms. The first-order valence-electron chi connectivity index (χ1n) is 7.68. The maximum absolute atomic E-state index is 13.9. The number of benzene rings is 2. The molecule has 2 aromatic carbocycles. The number of nitrogens with zero attached hydrogens (tertiary/aromatic N) is 3. The van der Waals surface area contributed by atoms with Gasteiger partial charge in [-0.2, -0.15) is 9.78 Å². The quantitative estimate of drug-likeness (QED) is 0.477. The molecule has 128 valence electrons. The molecule has 0 spiro atoms. The van der Waals surface area contributed by atoms with Crippen LogP contribution in [0.2, 0.25) is 5.02 Å². The number of thiophene rings is 1. The standard InChI is InChI=1S/C19H11ClFN3OS/c20-15-7-4-8-16(21)13(15)9-23-24-11-22-18-17(19(24)25)14(10-26-18)12-5-2-1-3-6-12/h1-11H. The summed E-state index contributed by atoms with van der Waals surface area (Å²) >= 11 is 7.38. The van der Waals surface area contributed by atoms with Gasteiger partial charge in [0, 0.05) is 16.5 Å². The molecule has 0 aliphatic carbocycles. The molecule has 0 aliphatic rings. The van der Waals surface area contributed by atoms with E-state index in [1.54, 1.807) is 6.07 Å². The highest BCUT2D eigenvalue weighted by atomic mass is 35.5. The molecule has 2 heterocycles. The van der Waals surface area contributed by atoms with Crippen molar-refractivity contribution >= 4 is 39.4 Å². The first-order valence-corrected chi connectivity index (χ1v) is 8.93. The number of fused-ring (bicyclic) bond motifs is 1. The molecule has 0 fully saturated rings. The second kappa shape index (κ2) is 6.82. The number of aromatic nitrogens is 2. The monoisotopic (exact) mass is 383 g/mol. The number of halogens is 2. The van der Waals surface area contributed by atoms with E-state index in [2.05, 4.69) is 10.1 Å². The molecule has 0 N–H and O–H groups in total. The Kier molecular flexibility index (Phi) is 4.36. The molecule has 4 nitrogen and oxygen atoms in total. The summed E-state index contributed by atoms with van der Waals surface area (Å²) in [6.07, 6.45) is 2.54. The Hall–Kier alpha value is -2.83. The smallest absolute Gasteiger partial charge is 0.267 e. The van der Waals surface area contributed by atoms with Gasteiger partial charge in [-0.15, -0.1) is 11.3 Å². The molecule has 0 bridgehead atoms. The summed E-state index contributed by atoms with van der Waals surface area (Å²) < 4.78 is 15.0. The molecule has 0 aliphatic heterocycles. The van der Waals surface area contributed by atoms with Gasteiger partial charge in [0.15, 0.2) is 0 Å². The van der Waals surface area contributed by atoms with Gasteiger partial charge < -0.3 is 0 Å². The van der Waals surface area contributed by atoms with Crippen molar-refractivity contribution in [3.05, 3.63) is 87.0 Å². The molecule has 26 heavy (non-hydrogen) atoms. The maximum Gasteiger partial charge on any atom is 0.283 e. The van der Waals surface area contributed by atoms with Crippen molar-refractivity contribution in [1.29, 1.82) is 0 Å². The van der Waals surface area contributed by atoms with E-state index in [4.69, 9.17) is 11.6 Å². The van der Waals surface area contributed by atoms with Gasteiger partial charge in [0.25, 0.3) is 5.56 Å².